The van der Waals surface area contributed by atoms with Gasteiger partial charge in [0, 0.05) is 10.9 Å². The molecular weight excluding hydrogens is 292 g/mol. The van der Waals surface area contributed by atoms with E-state index in [1.54, 1.807) is 11.3 Å². The third-order valence-electron chi connectivity index (χ3n) is 2.91. The van der Waals surface area contributed by atoms with E-state index in [0.29, 0.717) is 6.42 Å². The molecule has 0 spiro atoms. The minimum Gasteiger partial charge on any atom is -0.317 e. The third kappa shape index (κ3) is 7.99. The van der Waals surface area contributed by atoms with Crippen molar-refractivity contribution >= 4 is 21.4 Å². The summed E-state index contributed by atoms with van der Waals surface area (Å²) >= 11 is 1.66. The van der Waals surface area contributed by atoms with Gasteiger partial charge in [0.15, 0.2) is 0 Å². The molecule has 0 aromatic carbocycles. The number of hydrogen-bond acceptors (Lipinski definition) is 4. The quantitative estimate of drug-likeness (QED) is 0.616. The van der Waals surface area contributed by atoms with Crippen molar-refractivity contribution in [3.63, 3.8) is 0 Å². The molecular formula is C14H26N2O2S2. The fourth-order valence-corrected chi connectivity index (χ4v) is 4.22. The summed E-state index contributed by atoms with van der Waals surface area (Å²) in [7, 11) is -3.15. The maximum atomic E-state index is 11.9. The predicted molar refractivity (Wildman–Crippen MR) is 86.8 cm³/mol. The molecule has 1 aromatic rings. The summed E-state index contributed by atoms with van der Waals surface area (Å²) in [6, 6.07) is 3.98. The lowest BCUT2D eigenvalue weighted by Crippen LogP contribution is -2.35. The van der Waals surface area contributed by atoms with Gasteiger partial charge in [0.05, 0.1) is 5.75 Å². The lowest BCUT2D eigenvalue weighted by molar-refractivity contribution is 0.554. The summed E-state index contributed by atoms with van der Waals surface area (Å²) in [5, 5.41) is 5.29. The maximum absolute atomic E-state index is 11.9. The molecule has 0 radical (unpaired) electrons. The van der Waals surface area contributed by atoms with Crippen LogP contribution in [0.2, 0.25) is 0 Å². The zero-order valence-electron chi connectivity index (χ0n) is 12.4. The average Bonchev–Trinajstić information content (AvgIpc) is 2.85. The van der Waals surface area contributed by atoms with Crippen LogP contribution in [0, 0.1) is 0 Å². The smallest absolute Gasteiger partial charge is 0.211 e. The highest BCUT2D eigenvalue weighted by atomic mass is 32.2. The third-order valence-corrected chi connectivity index (χ3v) is 5.40. The molecule has 1 heterocycles. The molecule has 1 unspecified atom stereocenters. The average molecular weight is 319 g/mol. The van der Waals surface area contributed by atoms with Gasteiger partial charge in [-0.15, -0.1) is 11.3 Å². The topological polar surface area (TPSA) is 58.2 Å². The van der Waals surface area contributed by atoms with Crippen LogP contribution in [0.4, 0.5) is 0 Å². The molecule has 20 heavy (non-hydrogen) atoms. The zero-order chi connectivity index (χ0) is 14.8. The van der Waals surface area contributed by atoms with Gasteiger partial charge in [-0.05, 0) is 57.1 Å². The molecule has 0 aliphatic heterocycles. The highest BCUT2D eigenvalue weighted by Crippen LogP contribution is 2.11. The lowest BCUT2D eigenvalue weighted by Gasteiger charge is -2.13. The van der Waals surface area contributed by atoms with Crippen LogP contribution >= 0.6 is 11.3 Å². The second-order valence-electron chi connectivity index (χ2n) is 5.08. The normalized spacial score (nSPS) is 13.5. The summed E-state index contributed by atoms with van der Waals surface area (Å²) in [6.45, 7) is 5.94. The standard InChI is InChI=1S/C14H26N2O2S2/c1-3-8-15-9-4-5-11-20(17,18)16-13(2)12-14-7-6-10-19-14/h6-7,10,13,15-16H,3-5,8-9,11-12H2,1-2H3. The summed E-state index contributed by atoms with van der Waals surface area (Å²) in [4.78, 5) is 1.21. The van der Waals surface area contributed by atoms with Crippen LogP contribution in [0.5, 0.6) is 0 Å². The molecule has 0 amide bonds. The van der Waals surface area contributed by atoms with Gasteiger partial charge in [-0.2, -0.15) is 0 Å². The van der Waals surface area contributed by atoms with E-state index in [9.17, 15) is 8.42 Å². The van der Waals surface area contributed by atoms with Gasteiger partial charge in [-0.3, -0.25) is 0 Å². The Kier molecular flexibility index (Phi) is 8.37. The molecule has 0 aliphatic rings. The Labute approximate surface area is 127 Å². The largest absolute Gasteiger partial charge is 0.317 e. The van der Waals surface area contributed by atoms with Gasteiger partial charge in [-0.1, -0.05) is 13.0 Å². The monoisotopic (exact) mass is 318 g/mol. The van der Waals surface area contributed by atoms with Gasteiger partial charge >= 0.3 is 0 Å². The second-order valence-corrected chi connectivity index (χ2v) is 7.98. The summed E-state index contributed by atoms with van der Waals surface area (Å²) in [5.74, 6) is 0.218. The molecule has 6 heteroatoms. The first kappa shape index (κ1) is 17.6. The fraction of sp³-hybridized carbons (Fsp3) is 0.714. The molecule has 1 atom stereocenters. The van der Waals surface area contributed by atoms with Gasteiger partial charge in [-0.25, -0.2) is 13.1 Å². The van der Waals surface area contributed by atoms with E-state index in [2.05, 4.69) is 17.0 Å². The van der Waals surface area contributed by atoms with Crippen molar-refractivity contribution < 1.29 is 8.42 Å². The lowest BCUT2D eigenvalue weighted by atomic mass is 10.2. The van der Waals surface area contributed by atoms with Crippen molar-refractivity contribution in [3.8, 4) is 0 Å². The Morgan fingerprint density at radius 2 is 2.10 bits per heavy atom. The SMILES string of the molecule is CCCNCCCCS(=O)(=O)NC(C)Cc1cccs1. The van der Waals surface area contributed by atoms with Gasteiger partial charge in [0.1, 0.15) is 0 Å². The van der Waals surface area contributed by atoms with Crippen molar-refractivity contribution in [1.29, 1.82) is 0 Å². The Bertz CT molecular complexity index is 444. The number of sulfonamides is 1. The number of unbranched alkanes of at least 4 members (excludes halogenated alkanes) is 1. The molecule has 0 fully saturated rings. The fourth-order valence-electron chi connectivity index (χ4n) is 1.98. The van der Waals surface area contributed by atoms with Crippen LogP contribution in [-0.2, 0) is 16.4 Å². The number of rotatable bonds is 11. The van der Waals surface area contributed by atoms with Crippen LogP contribution in [0.1, 0.15) is 38.0 Å². The van der Waals surface area contributed by atoms with Gasteiger partial charge in [0.25, 0.3) is 0 Å². The highest BCUT2D eigenvalue weighted by molar-refractivity contribution is 7.89. The van der Waals surface area contributed by atoms with Crippen molar-refractivity contribution in [2.45, 2.75) is 45.6 Å². The predicted octanol–water partition coefficient (Wildman–Crippen LogP) is 2.38. The van der Waals surface area contributed by atoms with E-state index in [1.165, 1.54) is 4.88 Å². The molecule has 1 aromatic heterocycles. The van der Waals surface area contributed by atoms with E-state index in [0.717, 1.165) is 32.4 Å². The van der Waals surface area contributed by atoms with Crippen LogP contribution in [0.25, 0.3) is 0 Å². The summed E-state index contributed by atoms with van der Waals surface area (Å²) in [5.41, 5.74) is 0. The van der Waals surface area contributed by atoms with E-state index < -0.39 is 10.0 Å². The number of thiophene rings is 1. The Morgan fingerprint density at radius 1 is 1.30 bits per heavy atom. The Morgan fingerprint density at radius 3 is 2.75 bits per heavy atom. The first-order valence-electron chi connectivity index (χ1n) is 7.26. The first-order valence-corrected chi connectivity index (χ1v) is 9.80. The molecule has 1 rings (SSSR count). The molecule has 0 saturated heterocycles. The number of nitrogens with one attached hydrogen (secondary N) is 2. The molecule has 4 nitrogen and oxygen atoms in total. The first-order chi connectivity index (χ1) is 9.53. The van der Waals surface area contributed by atoms with Gasteiger partial charge < -0.3 is 5.32 Å². The van der Waals surface area contributed by atoms with Crippen molar-refractivity contribution in [2.75, 3.05) is 18.8 Å². The van der Waals surface area contributed by atoms with E-state index in [4.69, 9.17) is 0 Å². The van der Waals surface area contributed by atoms with Crippen LogP contribution in [0.3, 0.4) is 0 Å². The summed E-state index contributed by atoms with van der Waals surface area (Å²) < 4.78 is 26.6. The van der Waals surface area contributed by atoms with Crippen LogP contribution in [0.15, 0.2) is 17.5 Å². The molecule has 2 N–H and O–H groups in total. The van der Waals surface area contributed by atoms with E-state index in [-0.39, 0.29) is 11.8 Å². The molecule has 0 aliphatic carbocycles. The minimum absolute atomic E-state index is 0.0446. The maximum Gasteiger partial charge on any atom is 0.211 e. The zero-order valence-corrected chi connectivity index (χ0v) is 14.0. The highest BCUT2D eigenvalue weighted by Gasteiger charge is 2.14. The summed E-state index contributed by atoms with van der Waals surface area (Å²) in [6.07, 6.45) is 3.48. The van der Waals surface area contributed by atoms with E-state index in [1.807, 2.05) is 24.4 Å². The van der Waals surface area contributed by atoms with Crippen molar-refractivity contribution in [3.05, 3.63) is 22.4 Å². The van der Waals surface area contributed by atoms with Crippen LogP contribution < -0.4 is 10.0 Å². The Balaban J connectivity index is 2.20. The molecule has 116 valence electrons. The number of hydrogen-bond donors (Lipinski definition) is 2. The van der Waals surface area contributed by atoms with Crippen molar-refractivity contribution in [1.82, 2.24) is 10.0 Å². The second kappa shape index (κ2) is 9.50. The van der Waals surface area contributed by atoms with Crippen molar-refractivity contribution in [2.24, 2.45) is 0 Å². The van der Waals surface area contributed by atoms with E-state index >= 15 is 0 Å². The van der Waals surface area contributed by atoms with Gasteiger partial charge in [0.2, 0.25) is 10.0 Å². The Hall–Kier alpha value is -0.430. The van der Waals surface area contributed by atoms with Crippen LogP contribution in [-0.4, -0.2) is 33.3 Å². The molecule has 0 saturated carbocycles. The molecule has 0 bridgehead atoms. The minimum atomic E-state index is -3.15.